The summed E-state index contributed by atoms with van der Waals surface area (Å²) in [4.78, 5) is 11.8. The van der Waals surface area contributed by atoms with E-state index in [-0.39, 0.29) is 16.2 Å². The number of carbonyl (C=O) groups is 1. The Kier molecular flexibility index (Phi) is 4.28. The van der Waals surface area contributed by atoms with Crippen LogP contribution >= 0.6 is 0 Å². The summed E-state index contributed by atoms with van der Waals surface area (Å²) in [6.45, 7) is 3.44. The summed E-state index contributed by atoms with van der Waals surface area (Å²) in [5.74, 6) is -0.978. The molecule has 0 aliphatic carbocycles. The van der Waals surface area contributed by atoms with Crippen molar-refractivity contribution in [1.29, 1.82) is 0 Å². The highest BCUT2D eigenvalue weighted by Gasteiger charge is 2.26. The Hall–Kier alpha value is -2.34. The van der Waals surface area contributed by atoms with Gasteiger partial charge in [-0.05, 0) is 12.1 Å². The summed E-state index contributed by atoms with van der Waals surface area (Å²) < 4.78 is 34.6. The Labute approximate surface area is 122 Å². The molecule has 110 valence electrons. The molecule has 0 bridgehead atoms. The number of furan rings is 1. The highest BCUT2D eigenvalue weighted by atomic mass is 32.2. The van der Waals surface area contributed by atoms with Crippen LogP contribution in [0.4, 0.5) is 0 Å². The topological polar surface area (TPSA) is 73.6 Å². The fourth-order valence-electron chi connectivity index (χ4n) is 2.03. The lowest BCUT2D eigenvalue weighted by Gasteiger charge is -2.12. The number of rotatable bonds is 5. The molecule has 0 atom stereocenters. The average Bonchev–Trinajstić information content (AvgIpc) is 2.99. The van der Waals surface area contributed by atoms with Gasteiger partial charge in [0, 0.05) is 11.1 Å². The van der Waals surface area contributed by atoms with Gasteiger partial charge in [0.05, 0.1) is 35.8 Å². The Morgan fingerprint density at radius 1 is 1.38 bits per heavy atom. The van der Waals surface area contributed by atoms with Crippen molar-refractivity contribution in [3.63, 3.8) is 0 Å². The van der Waals surface area contributed by atoms with Gasteiger partial charge in [-0.15, -0.1) is 6.58 Å². The van der Waals surface area contributed by atoms with Gasteiger partial charge in [-0.25, -0.2) is 13.2 Å². The van der Waals surface area contributed by atoms with Crippen LogP contribution in [0.25, 0.3) is 11.1 Å². The van der Waals surface area contributed by atoms with Crippen LogP contribution in [-0.2, 0) is 14.6 Å². The number of carbonyl (C=O) groups excluding carboxylic acids is 1. The molecule has 1 heterocycles. The minimum Gasteiger partial charge on any atom is -0.472 e. The molecule has 0 fully saturated rings. The van der Waals surface area contributed by atoms with E-state index in [4.69, 9.17) is 4.42 Å². The summed E-state index contributed by atoms with van der Waals surface area (Å²) in [7, 11) is -2.51. The van der Waals surface area contributed by atoms with Crippen LogP contribution in [0.3, 0.4) is 0 Å². The van der Waals surface area contributed by atoms with Gasteiger partial charge in [0.2, 0.25) is 0 Å². The molecule has 2 rings (SSSR count). The maximum absolute atomic E-state index is 12.5. The molecule has 0 aliphatic heterocycles. The zero-order valence-corrected chi connectivity index (χ0v) is 12.2. The van der Waals surface area contributed by atoms with Gasteiger partial charge < -0.3 is 9.15 Å². The van der Waals surface area contributed by atoms with Crippen molar-refractivity contribution in [3.8, 4) is 11.1 Å². The summed E-state index contributed by atoms with van der Waals surface area (Å²) in [5, 5.41) is 0. The van der Waals surface area contributed by atoms with Crippen LogP contribution in [0.15, 0.2) is 58.8 Å². The van der Waals surface area contributed by atoms with Gasteiger partial charge >= 0.3 is 5.97 Å². The largest absolute Gasteiger partial charge is 0.472 e. The van der Waals surface area contributed by atoms with Crippen LogP contribution in [0.1, 0.15) is 10.4 Å². The molecule has 2 aromatic rings. The molecule has 1 aromatic carbocycles. The first-order valence-corrected chi connectivity index (χ1v) is 7.74. The van der Waals surface area contributed by atoms with Gasteiger partial charge in [-0.2, -0.15) is 0 Å². The van der Waals surface area contributed by atoms with Gasteiger partial charge in [0.15, 0.2) is 9.84 Å². The maximum Gasteiger partial charge on any atom is 0.339 e. The second kappa shape index (κ2) is 5.97. The van der Waals surface area contributed by atoms with Crippen LogP contribution in [0, 0.1) is 0 Å². The number of sulfone groups is 1. The first-order chi connectivity index (χ1) is 10.0. The fourth-order valence-corrected chi connectivity index (χ4v) is 3.51. The second-order valence-electron chi connectivity index (χ2n) is 4.26. The normalized spacial score (nSPS) is 11.1. The monoisotopic (exact) mass is 306 g/mol. The van der Waals surface area contributed by atoms with E-state index in [0.29, 0.717) is 11.1 Å². The van der Waals surface area contributed by atoms with Crippen molar-refractivity contribution in [2.24, 2.45) is 0 Å². The Bertz CT molecular complexity index is 757. The van der Waals surface area contributed by atoms with Crippen LogP contribution in [-0.4, -0.2) is 27.2 Å². The number of methoxy groups -OCH3 is 1. The van der Waals surface area contributed by atoms with E-state index in [1.807, 2.05) is 0 Å². The first kappa shape index (κ1) is 15.1. The molecule has 21 heavy (non-hydrogen) atoms. The number of esters is 1. The molecule has 0 N–H and O–H groups in total. The van der Waals surface area contributed by atoms with Gasteiger partial charge in [-0.3, -0.25) is 0 Å². The maximum atomic E-state index is 12.5. The zero-order valence-electron chi connectivity index (χ0n) is 11.4. The third-order valence-electron chi connectivity index (χ3n) is 2.90. The van der Waals surface area contributed by atoms with Crippen LogP contribution < -0.4 is 0 Å². The molecular weight excluding hydrogens is 292 g/mol. The molecule has 0 radical (unpaired) electrons. The second-order valence-corrected chi connectivity index (χ2v) is 6.23. The summed E-state index contributed by atoms with van der Waals surface area (Å²) in [6.07, 6.45) is 4.13. The number of benzene rings is 1. The van der Waals surface area contributed by atoms with E-state index in [9.17, 15) is 13.2 Å². The molecule has 6 heteroatoms. The Balaban J connectivity index is 2.79. The lowest BCUT2D eigenvalue weighted by molar-refractivity contribution is 0.0596. The summed E-state index contributed by atoms with van der Waals surface area (Å²) >= 11 is 0. The summed E-state index contributed by atoms with van der Waals surface area (Å²) in [6, 6.07) is 6.27. The van der Waals surface area contributed by atoms with E-state index >= 15 is 0 Å². The van der Waals surface area contributed by atoms with Crippen molar-refractivity contribution >= 4 is 15.8 Å². The van der Waals surface area contributed by atoms with Crippen molar-refractivity contribution in [2.45, 2.75) is 4.90 Å². The number of ether oxygens (including phenoxy) is 1. The SMILES string of the molecule is C=CCS(=O)(=O)c1c(C(=O)OC)cccc1-c1ccoc1. The van der Waals surface area contributed by atoms with Crippen molar-refractivity contribution in [2.75, 3.05) is 12.9 Å². The third-order valence-corrected chi connectivity index (χ3v) is 4.64. The number of hydrogen-bond acceptors (Lipinski definition) is 5. The lowest BCUT2D eigenvalue weighted by Crippen LogP contribution is -2.14. The lowest BCUT2D eigenvalue weighted by atomic mass is 10.1. The average molecular weight is 306 g/mol. The highest BCUT2D eigenvalue weighted by Crippen LogP contribution is 2.31. The standard InChI is InChI=1S/C15H14O5S/c1-3-9-21(17,18)14-12(11-7-8-20-10-11)5-4-6-13(14)15(16)19-2/h3-8,10H,1,9H2,2H3. The molecule has 0 saturated carbocycles. The molecule has 1 aromatic heterocycles. The minimum absolute atomic E-state index is 0.00181. The highest BCUT2D eigenvalue weighted by molar-refractivity contribution is 7.91. The molecule has 0 saturated heterocycles. The quantitative estimate of drug-likeness (QED) is 0.627. The third kappa shape index (κ3) is 2.90. The predicted octanol–water partition coefficient (Wildman–Crippen LogP) is 2.69. The van der Waals surface area contributed by atoms with Crippen LogP contribution in [0.2, 0.25) is 0 Å². The predicted molar refractivity (Wildman–Crippen MR) is 77.7 cm³/mol. The van der Waals surface area contributed by atoms with Crippen molar-refractivity contribution in [1.82, 2.24) is 0 Å². The minimum atomic E-state index is -3.71. The van der Waals surface area contributed by atoms with Gasteiger partial charge in [-0.1, -0.05) is 18.2 Å². The smallest absolute Gasteiger partial charge is 0.339 e. The van der Waals surface area contributed by atoms with Crippen molar-refractivity contribution < 1.29 is 22.4 Å². The van der Waals surface area contributed by atoms with E-state index in [1.165, 1.54) is 31.8 Å². The van der Waals surface area contributed by atoms with Gasteiger partial charge in [0.25, 0.3) is 0 Å². The molecular formula is C15H14O5S. The first-order valence-electron chi connectivity index (χ1n) is 6.09. The Morgan fingerprint density at radius 2 is 2.14 bits per heavy atom. The zero-order chi connectivity index (χ0) is 15.5. The molecule has 5 nitrogen and oxygen atoms in total. The number of hydrogen-bond donors (Lipinski definition) is 0. The molecule has 0 aliphatic rings. The van der Waals surface area contributed by atoms with Gasteiger partial charge in [0.1, 0.15) is 0 Å². The van der Waals surface area contributed by atoms with Crippen LogP contribution in [0.5, 0.6) is 0 Å². The van der Waals surface area contributed by atoms with Crippen molar-refractivity contribution in [3.05, 3.63) is 55.0 Å². The molecule has 0 unspecified atom stereocenters. The van der Waals surface area contributed by atoms with E-state index in [2.05, 4.69) is 11.3 Å². The Morgan fingerprint density at radius 3 is 2.71 bits per heavy atom. The fraction of sp³-hybridized carbons (Fsp3) is 0.133. The van der Waals surface area contributed by atoms with E-state index < -0.39 is 15.8 Å². The summed E-state index contributed by atoms with van der Waals surface area (Å²) in [5.41, 5.74) is 0.968. The molecule has 0 spiro atoms. The van der Waals surface area contributed by atoms with E-state index in [0.717, 1.165) is 0 Å². The van der Waals surface area contributed by atoms with E-state index in [1.54, 1.807) is 18.2 Å². The molecule has 0 amide bonds.